The minimum absolute atomic E-state index is 0.0968. The van der Waals surface area contributed by atoms with E-state index in [2.05, 4.69) is 15.3 Å². The van der Waals surface area contributed by atoms with Gasteiger partial charge in [0.15, 0.2) is 0 Å². The van der Waals surface area contributed by atoms with E-state index in [0.717, 1.165) is 5.56 Å². The Labute approximate surface area is 164 Å². The Balaban J connectivity index is 1.67. The Morgan fingerprint density at radius 3 is 2.52 bits per heavy atom. The highest BCUT2D eigenvalue weighted by atomic mass is 16.6. The predicted octanol–water partition coefficient (Wildman–Crippen LogP) is 3.41. The third-order valence-corrected chi connectivity index (χ3v) is 3.92. The number of rotatable bonds is 6. The van der Waals surface area contributed by atoms with Gasteiger partial charge in [0.1, 0.15) is 17.1 Å². The van der Waals surface area contributed by atoms with Crippen LogP contribution in [0.15, 0.2) is 70.2 Å². The first-order valence-corrected chi connectivity index (χ1v) is 8.35. The van der Waals surface area contributed by atoms with Crippen LogP contribution in [0, 0.1) is 10.1 Å². The lowest BCUT2D eigenvalue weighted by molar-refractivity contribution is -0.385. The molecule has 0 saturated heterocycles. The number of hydrogen-bond donors (Lipinski definition) is 1. The number of ether oxygens (including phenoxy) is 1. The average Bonchev–Trinajstić information content (AvgIpc) is 3.22. The van der Waals surface area contributed by atoms with Gasteiger partial charge in [-0.3, -0.25) is 14.9 Å². The molecule has 1 aromatic heterocycles. The number of methoxy groups -OCH3 is 1. The van der Waals surface area contributed by atoms with Crippen molar-refractivity contribution in [3.8, 4) is 11.3 Å². The fourth-order valence-electron chi connectivity index (χ4n) is 2.51. The lowest BCUT2D eigenvalue weighted by atomic mass is 10.1. The Hall–Kier alpha value is -4.27. The highest BCUT2D eigenvalue weighted by Crippen LogP contribution is 2.22. The second kappa shape index (κ2) is 8.61. The average molecular weight is 393 g/mol. The van der Waals surface area contributed by atoms with Crippen LogP contribution in [0.25, 0.3) is 11.3 Å². The van der Waals surface area contributed by atoms with Crippen molar-refractivity contribution < 1.29 is 23.7 Å². The van der Waals surface area contributed by atoms with Gasteiger partial charge < -0.3 is 9.15 Å². The van der Waals surface area contributed by atoms with E-state index in [0.29, 0.717) is 17.1 Å². The maximum absolute atomic E-state index is 12.1. The molecule has 0 fully saturated rings. The van der Waals surface area contributed by atoms with E-state index < -0.39 is 16.8 Å². The van der Waals surface area contributed by atoms with Crippen molar-refractivity contribution in [2.45, 2.75) is 0 Å². The van der Waals surface area contributed by atoms with E-state index in [1.807, 2.05) is 0 Å². The lowest BCUT2D eigenvalue weighted by Crippen LogP contribution is -2.18. The summed E-state index contributed by atoms with van der Waals surface area (Å²) in [4.78, 5) is 33.9. The molecule has 0 aliphatic heterocycles. The number of hydrazone groups is 1. The molecule has 0 saturated carbocycles. The monoisotopic (exact) mass is 393 g/mol. The molecule has 9 heteroatoms. The van der Waals surface area contributed by atoms with Gasteiger partial charge in [0, 0.05) is 11.6 Å². The summed E-state index contributed by atoms with van der Waals surface area (Å²) in [5.41, 5.74) is 2.98. The molecule has 1 heterocycles. The molecule has 3 aromatic rings. The number of carbonyl (C=O) groups excluding carboxylic acids is 2. The summed E-state index contributed by atoms with van der Waals surface area (Å²) in [6.45, 7) is 0. The van der Waals surface area contributed by atoms with E-state index in [4.69, 9.17) is 4.42 Å². The van der Waals surface area contributed by atoms with Gasteiger partial charge in [-0.25, -0.2) is 10.2 Å². The third-order valence-electron chi connectivity index (χ3n) is 3.92. The highest BCUT2D eigenvalue weighted by Gasteiger charge is 2.18. The van der Waals surface area contributed by atoms with Crippen LogP contribution in [-0.2, 0) is 4.74 Å². The fourth-order valence-corrected chi connectivity index (χ4v) is 2.51. The normalized spacial score (nSPS) is 10.7. The molecule has 3 rings (SSSR count). The number of nitro groups is 1. The van der Waals surface area contributed by atoms with Gasteiger partial charge in [0.05, 0.1) is 23.8 Å². The van der Waals surface area contributed by atoms with Crippen LogP contribution in [-0.4, -0.2) is 30.1 Å². The number of benzene rings is 2. The molecule has 0 aliphatic rings. The summed E-state index contributed by atoms with van der Waals surface area (Å²) in [6, 6.07) is 15.6. The smallest absolute Gasteiger partial charge is 0.337 e. The van der Waals surface area contributed by atoms with E-state index in [1.165, 1.54) is 37.6 Å². The van der Waals surface area contributed by atoms with E-state index in [9.17, 15) is 19.7 Å². The first-order valence-electron chi connectivity index (χ1n) is 8.35. The number of furan rings is 1. The Kier molecular flexibility index (Phi) is 5.79. The van der Waals surface area contributed by atoms with Gasteiger partial charge in [0.2, 0.25) is 0 Å². The van der Waals surface area contributed by atoms with Crippen molar-refractivity contribution in [2.24, 2.45) is 5.10 Å². The minimum atomic E-state index is -0.710. The van der Waals surface area contributed by atoms with Crippen molar-refractivity contribution >= 4 is 23.8 Å². The Morgan fingerprint density at radius 2 is 1.83 bits per heavy atom. The summed E-state index contributed by atoms with van der Waals surface area (Å²) in [7, 11) is 1.31. The quantitative estimate of drug-likeness (QED) is 0.296. The molecule has 146 valence electrons. The standard InChI is InChI=1S/C20H15N3O6/c1-28-20(25)14-8-6-13(7-9-14)18-11-10-15(29-18)12-21-22-19(24)16-4-2-3-5-17(16)23(26)27/h2-12H,1H3,(H,22,24)/b21-12-. The third kappa shape index (κ3) is 4.53. The van der Waals surface area contributed by atoms with E-state index >= 15 is 0 Å². The molecule has 9 nitrogen and oxygen atoms in total. The number of nitrogens with zero attached hydrogens (tertiary/aromatic N) is 2. The van der Waals surface area contributed by atoms with Crippen LogP contribution in [0.3, 0.4) is 0 Å². The molecule has 0 aliphatic carbocycles. The second-order valence-electron chi connectivity index (χ2n) is 5.74. The zero-order valence-corrected chi connectivity index (χ0v) is 15.2. The zero-order chi connectivity index (χ0) is 20.8. The molecule has 1 N–H and O–H groups in total. The summed E-state index contributed by atoms with van der Waals surface area (Å²) in [5.74, 6) is -0.246. The van der Waals surface area contributed by atoms with Crippen LogP contribution in [0.1, 0.15) is 26.5 Å². The molecular weight excluding hydrogens is 378 g/mol. The number of esters is 1. The first-order chi connectivity index (χ1) is 14.0. The van der Waals surface area contributed by atoms with Crippen molar-refractivity contribution in [1.82, 2.24) is 5.43 Å². The number of para-hydroxylation sites is 1. The van der Waals surface area contributed by atoms with Crippen LogP contribution in [0.2, 0.25) is 0 Å². The Bertz CT molecular complexity index is 1090. The topological polar surface area (TPSA) is 124 Å². The van der Waals surface area contributed by atoms with Gasteiger partial charge >= 0.3 is 5.97 Å². The number of nitro benzene ring substituents is 1. The fraction of sp³-hybridized carbons (Fsp3) is 0.0500. The molecule has 2 aromatic carbocycles. The molecule has 0 bridgehead atoms. The lowest BCUT2D eigenvalue weighted by Gasteiger charge is -2.01. The van der Waals surface area contributed by atoms with Gasteiger partial charge in [-0.05, 0) is 30.3 Å². The Morgan fingerprint density at radius 1 is 1.10 bits per heavy atom. The van der Waals surface area contributed by atoms with Gasteiger partial charge in [-0.2, -0.15) is 5.10 Å². The SMILES string of the molecule is COC(=O)c1ccc(-c2ccc(/C=N\NC(=O)c3ccccc3[N+](=O)[O-])o2)cc1. The summed E-state index contributed by atoms with van der Waals surface area (Å²) < 4.78 is 10.3. The summed E-state index contributed by atoms with van der Waals surface area (Å²) >= 11 is 0. The number of carbonyl (C=O) groups is 2. The van der Waals surface area contributed by atoms with Gasteiger partial charge in [-0.1, -0.05) is 24.3 Å². The molecule has 0 atom stereocenters. The number of amides is 1. The number of nitrogens with one attached hydrogen (secondary N) is 1. The summed E-state index contributed by atoms with van der Waals surface area (Å²) in [5, 5.41) is 14.8. The highest BCUT2D eigenvalue weighted by molar-refractivity contribution is 5.98. The van der Waals surface area contributed by atoms with E-state index in [1.54, 1.807) is 36.4 Å². The molecule has 0 radical (unpaired) electrons. The predicted molar refractivity (Wildman–Crippen MR) is 104 cm³/mol. The largest absolute Gasteiger partial charge is 0.465 e. The van der Waals surface area contributed by atoms with Crippen LogP contribution in [0.4, 0.5) is 5.69 Å². The molecular formula is C20H15N3O6. The minimum Gasteiger partial charge on any atom is -0.465 e. The maximum atomic E-state index is 12.1. The van der Waals surface area contributed by atoms with Crippen molar-refractivity contribution in [1.29, 1.82) is 0 Å². The number of hydrogen-bond acceptors (Lipinski definition) is 7. The van der Waals surface area contributed by atoms with Crippen LogP contribution < -0.4 is 5.43 Å². The van der Waals surface area contributed by atoms with Crippen molar-refractivity contribution in [2.75, 3.05) is 7.11 Å². The molecule has 29 heavy (non-hydrogen) atoms. The molecule has 0 spiro atoms. The maximum Gasteiger partial charge on any atom is 0.337 e. The van der Waals surface area contributed by atoms with Crippen molar-refractivity contribution in [3.05, 3.63) is 87.7 Å². The van der Waals surface area contributed by atoms with Crippen LogP contribution >= 0.6 is 0 Å². The van der Waals surface area contributed by atoms with Crippen molar-refractivity contribution in [3.63, 3.8) is 0 Å². The molecule has 1 amide bonds. The molecule has 0 unspecified atom stereocenters. The zero-order valence-electron chi connectivity index (χ0n) is 15.2. The van der Waals surface area contributed by atoms with Gasteiger partial charge in [-0.15, -0.1) is 0 Å². The van der Waals surface area contributed by atoms with E-state index in [-0.39, 0.29) is 11.3 Å². The second-order valence-corrected chi connectivity index (χ2v) is 5.74. The summed E-state index contributed by atoms with van der Waals surface area (Å²) in [6.07, 6.45) is 1.28. The first kappa shape index (κ1) is 19.5. The van der Waals surface area contributed by atoms with Crippen LogP contribution in [0.5, 0.6) is 0 Å². The van der Waals surface area contributed by atoms with Gasteiger partial charge in [0.25, 0.3) is 11.6 Å².